The number of aryl methyl sites for hydroxylation is 1. The number of halogens is 1. The number of nitrogens with one attached hydrogen (secondary N) is 1. The van der Waals surface area contributed by atoms with Crippen LogP contribution in [0.3, 0.4) is 0 Å². The number of amides is 1. The van der Waals surface area contributed by atoms with E-state index in [-0.39, 0.29) is 18.1 Å². The van der Waals surface area contributed by atoms with Crippen LogP contribution in [-0.4, -0.2) is 21.9 Å². The first kappa shape index (κ1) is 21.9. The lowest BCUT2D eigenvalue weighted by Gasteiger charge is -2.12. The van der Waals surface area contributed by atoms with Gasteiger partial charge in [-0.2, -0.15) is 0 Å². The van der Waals surface area contributed by atoms with Crippen LogP contribution in [0.25, 0.3) is 5.65 Å². The monoisotopic (exact) mass is 465 g/mol. The Morgan fingerprint density at radius 3 is 2.75 bits per heavy atom. The van der Waals surface area contributed by atoms with Crippen molar-refractivity contribution in [2.24, 2.45) is 0 Å². The predicted octanol–water partition coefficient (Wildman–Crippen LogP) is 4.97. The second kappa shape index (κ2) is 9.89. The van der Waals surface area contributed by atoms with Crippen molar-refractivity contribution in [3.05, 3.63) is 99.6 Å². The topological polar surface area (TPSA) is 72.7 Å². The second-order valence-electron chi connectivity index (χ2n) is 7.02. The number of nitrogens with zero attached hydrogens (tertiary/aromatic N) is 2. The second-order valence-corrected chi connectivity index (χ2v) is 8.45. The molecule has 0 bridgehead atoms. The van der Waals surface area contributed by atoms with E-state index in [9.17, 15) is 9.59 Å². The number of rotatable bonds is 7. The minimum Gasteiger partial charge on any atom is -0.482 e. The molecule has 4 aromatic rings. The Morgan fingerprint density at radius 2 is 1.91 bits per heavy atom. The highest BCUT2D eigenvalue weighted by molar-refractivity contribution is 7.98. The summed E-state index contributed by atoms with van der Waals surface area (Å²) in [4.78, 5) is 30.3. The first-order chi connectivity index (χ1) is 15.5. The number of pyridine rings is 1. The molecule has 4 rings (SSSR count). The lowest BCUT2D eigenvalue weighted by molar-refractivity contribution is -0.118. The van der Waals surface area contributed by atoms with Gasteiger partial charge in [0.1, 0.15) is 11.4 Å². The molecular formula is C24H20ClN3O3S. The van der Waals surface area contributed by atoms with Crippen LogP contribution in [0.15, 0.2) is 82.6 Å². The van der Waals surface area contributed by atoms with Crippen molar-refractivity contribution in [2.75, 3.05) is 11.9 Å². The van der Waals surface area contributed by atoms with Gasteiger partial charge in [0, 0.05) is 22.9 Å². The fraction of sp³-hybridized carbons (Fsp3) is 0.125. The molecule has 2 aromatic heterocycles. The summed E-state index contributed by atoms with van der Waals surface area (Å²) in [7, 11) is 0. The molecule has 0 saturated carbocycles. The number of anilines is 1. The summed E-state index contributed by atoms with van der Waals surface area (Å²) in [6.07, 6.45) is 1.71. The summed E-state index contributed by atoms with van der Waals surface area (Å²) in [5.41, 5.74) is 2.81. The van der Waals surface area contributed by atoms with Crippen molar-refractivity contribution in [1.82, 2.24) is 9.38 Å². The van der Waals surface area contributed by atoms with Crippen molar-refractivity contribution in [2.45, 2.75) is 17.6 Å². The minimum atomic E-state index is -0.296. The molecule has 6 nitrogen and oxygen atoms in total. The maximum absolute atomic E-state index is 12.4. The maximum atomic E-state index is 12.4. The summed E-state index contributed by atoms with van der Waals surface area (Å²) in [5.74, 6) is 0.648. The minimum absolute atomic E-state index is 0.118. The molecule has 32 heavy (non-hydrogen) atoms. The van der Waals surface area contributed by atoms with Crippen molar-refractivity contribution in [3.8, 4) is 5.75 Å². The highest BCUT2D eigenvalue weighted by Crippen LogP contribution is 2.29. The maximum Gasteiger partial charge on any atom is 0.262 e. The standard InChI is InChI=1S/C24H20ClN3O3S/c1-16-7-6-12-28-23(30)13-17(26-24(16)28)15-32-21-11-5-3-9-19(21)27-22(29)14-31-20-10-4-2-8-18(20)25/h2-13H,14-15H2,1H3,(H,27,29). The number of carbonyl (C=O) groups excluding carboxylic acids is 1. The molecule has 0 atom stereocenters. The summed E-state index contributed by atoms with van der Waals surface area (Å²) in [6, 6.07) is 19.8. The van der Waals surface area contributed by atoms with Gasteiger partial charge in [0.25, 0.3) is 11.5 Å². The van der Waals surface area contributed by atoms with Crippen LogP contribution in [-0.2, 0) is 10.5 Å². The molecule has 1 N–H and O–H groups in total. The number of fused-ring (bicyclic) bond motifs is 1. The van der Waals surface area contributed by atoms with Gasteiger partial charge in [-0.25, -0.2) is 4.98 Å². The number of carbonyl (C=O) groups is 1. The quantitative estimate of drug-likeness (QED) is 0.390. The average Bonchev–Trinajstić information content (AvgIpc) is 2.79. The van der Waals surface area contributed by atoms with Gasteiger partial charge in [-0.3, -0.25) is 14.0 Å². The van der Waals surface area contributed by atoms with Crippen LogP contribution in [0.4, 0.5) is 5.69 Å². The zero-order valence-electron chi connectivity index (χ0n) is 17.2. The molecule has 0 fully saturated rings. The highest BCUT2D eigenvalue weighted by Gasteiger charge is 2.11. The van der Waals surface area contributed by atoms with Crippen molar-refractivity contribution in [1.29, 1.82) is 0 Å². The molecule has 0 aliphatic carbocycles. The van der Waals surface area contributed by atoms with E-state index in [0.717, 1.165) is 10.5 Å². The third-order valence-electron chi connectivity index (χ3n) is 4.67. The highest BCUT2D eigenvalue weighted by atomic mass is 35.5. The lowest BCUT2D eigenvalue weighted by Crippen LogP contribution is -2.20. The van der Waals surface area contributed by atoms with E-state index in [2.05, 4.69) is 10.3 Å². The van der Waals surface area contributed by atoms with Gasteiger partial charge in [0.15, 0.2) is 6.61 Å². The van der Waals surface area contributed by atoms with Crippen molar-refractivity contribution < 1.29 is 9.53 Å². The van der Waals surface area contributed by atoms with E-state index in [1.54, 1.807) is 30.5 Å². The first-order valence-corrected chi connectivity index (χ1v) is 11.2. The Balaban J connectivity index is 1.44. The van der Waals surface area contributed by atoms with Crippen LogP contribution in [0, 0.1) is 6.92 Å². The zero-order chi connectivity index (χ0) is 22.5. The van der Waals surface area contributed by atoms with Crippen LogP contribution < -0.4 is 15.6 Å². The first-order valence-electron chi connectivity index (χ1n) is 9.88. The molecule has 0 spiro atoms. The van der Waals surface area contributed by atoms with Crippen molar-refractivity contribution >= 4 is 40.6 Å². The Labute approximate surface area is 194 Å². The predicted molar refractivity (Wildman–Crippen MR) is 128 cm³/mol. The molecule has 162 valence electrons. The Hall–Kier alpha value is -3.29. The van der Waals surface area contributed by atoms with Crippen LogP contribution in [0.1, 0.15) is 11.3 Å². The normalized spacial score (nSPS) is 10.8. The summed E-state index contributed by atoms with van der Waals surface area (Å²) >= 11 is 7.55. The van der Waals surface area contributed by atoms with Crippen molar-refractivity contribution in [3.63, 3.8) is 0 Å². The summed E-state index contributed by atoms with van der Waals surface area (Å²) in [5, 5.41) is 3.32. The third-order valence-corrected chi connectivity index (χ3v) is 6.09. The number of thioether (sulfide) groups is 1. The Bertz CT molecular complexity index is 1340. The zero-order valence-corrected chi connectivity index (χ0v) is 18.8. The Kier molecular flexibility index (Phi) is 6.78. The van der Waals surface area contributed by atoms with E-state index >= 15 is 0 Å². The molecule has 2 aromatic carbocycles. The summed E-state index contributed by atoms with van der Waals surface area (Å²) in [6.45, 7) is 1.76. The molecular weight excluding hydrogens is 446 g/mol. The van der Waals surface area contributed by atoms with E-state index in [1.165, 1.54) is 22.2 Å². The molecule has 1 amide bonds. The van der Waals surface area contributed by atoms with Crippen LogP contribution >= 0.6 is 23.4 Å². The number of aromatic nitrogens is 2. The van der Waals surface area contributed by atoms with Gasteiger partial charge < -0.3 is 10.1 Å². The SMILES string of the molecule is Cc1cccn2c(=O)cc(CSc3ccccc3NC(=O)COc3ccccc3Cl)nc12. The smallest absolute Gasteiger partial charge is 0.262 e. The molecule has 0 saturated heterocycles. The molecule has 0 radical (unpaired) electrons. The van der Waals surface area contributed by atoms with Crippen LogP contribution in [0.5, 0.6) is 5.75 Å². The number of ether oxygens (including phenoxy) is 1. The third kappa shape index (κ3) is 5.12. The fourth-order valence-corrected chi connectivity index (χ4v) is 4.21. The molecule has 8 heteroatoms. The fourth-order valence-electron chi connectivity index (χ4n) is 3.12. The van der Waals surface area contributed by atoms with Gasteiger partial charge in [0.05, 0.1) is 16.4 Å². The van der Waals surface area contributed by atoms with E-state index in [4.69, 9.17) is 16.3 Å². The molecule has 2 heterocycles. The average molecular weight is 466 g/mol. The number of hydrogen-bond acceptors (Lipinski definition) is 5. The largest absolute Gasteiger partial charge is 0.482 e. The molecule has 0 unspecified atom stereocenters. The summed E-state index contributed by atoms with van der Waals surface area (Å²) < 4.78 is 7.05. The van der Waals surface area contributed by atoms with Gasteiger partial charge >= 0.3 is 0 Å². The van der Waals surface area contributed by atoms with Gasteiger partial charge in [-0.15, -0.1) is 11.8 Å². The van der Waals surface area contributed by atoms with E-state index in [1.807, 2.05) is 43.3 Å². The number of para-hydroxylation sites is 2. The van der Waals surface area contributed by atoms with Gasteiger partial charge in [-0.05, 0) is 42.8 Å². The Morgan fingerprint density at radius 1 is 1.12 bits per heavy atom. The van der Waals surface area contributed by atoms with E-state index < -0.39 is 0 Å². The number of benzene rings is 2. The van der Waals surface area contributed by atoms with Gasteiger partial charge in [-0.1, -0.05) is 41.9 Å². The number of hydrogen-bond donors (Lipinski definition) is 1. The lowest BCUT2D eigenvalue weighted by atomic mass is 10.3. The molecule has 0 aliphatic rings. The van der Waals surface area contributed by atoms with Gasteiger partial charge in [0.2, 0.25) is 0 Å². The van der Waals surface area contributed by atoms with Crippen LogP contribution in [0.2, 0.25) is 5.02 Å². The molecule has 0 aliphatic heterocycles. The van der Waals surface area contributed by atoms with E-state index in [0.29, 0.717) is 33.6 Å².